The molecule has 1 saturated heterocycles. The van der Waals surface area contributed by atoms with Gasteiger partial charge >= 0.3 is 0 Å². The summed E-state index contributed by atoms with van der Waals surface area (Å²) in [7, 11) is 3.99. The van der Waals surface area contributed by atoms with Crippen molar-refractivity contribution in [2.24, 2.45) is 10.9 Å². The fraction of sp³-hybridized carbons (Fsp3) is 0.900. The van der Waals surface area contributed by atoms with Gasteiger partial charge in [-0.1, -0.05) is 0 Å². The minimum Gasteiger partial charge on any atom is -0.381 e. The van der Waals surface area contributed by atoms with Crippen LogP contribution in [0.5, 0.6) is 0 Å². The Morgan fingerprint density at radius 1 is 1.50 bits per heavy atom. The van der Waals surface area contributed by atoms with E-state index in [0.29, 0.717) is 5.92 Å². The van der Waals surface area contributed by atoms with E-state index in [1.165, 1.54) is 0 Å². The van der Waals surface area contributed by atoms with Crippen LogP contribution in [0.2, 0.25) is 0 Å². The highest BCUT2D eigenvalue weighted by Gasteiger charge is 2.23. The standard InChI is InChI=1S/C10H18N2O2/c1-12(2)7-10(11-8-13)9-3-5-14-6-4-9/h9-10H,3-7H2,1-2H3/t10-/m1/s1. The summed E-state index contributed by atoms with van der Waals surface area (Å²) in [6.45, 7) is 2.41. The largest absolute Gasteiger partial charge is 0.381 e. The molecule has 1 rings (SSSR count). The Kier molecular flexibility index (Phi) is 4.80. The van der Waals surface area contributed by atoms with E-state index >= 15 is 0 Å². The van der Waals surface area contributed by atoms with E-state index < -0.39 is 0 Å². The number of aliphatic imine (C=N–C) groups is 1. The van der Waals surface area contributed by atoms with Gasteiger partial charge in [0, 0.05) is 19.8 Å². The fourth-order valence-corrected chi connectivity index (χ4v) is 1.84. The van der Waals surface area contributed by atoms with Crippen molar-refractivity contribution in [3.05, 3.63) is 0 Å². The highest BCUT2D eigenvalue weighted by Crippen LogP contribution is 2.21. The van der Waals surface area contributed by atoms with Crippen LogP contribution in [0.3, 0.4) is 0 Å². The SMILES string of the molecule is CN(C)C[C@@H](N=C=O)C1CCOCC1. The molecule has 1 heterocycles. The number of ether oxygens (including phenoxy) is 1. The van der Waals surface area contributed by atoms with Gasteiger partial charge in [-0.15, -0.1) is 0 Å². The lowest BCUT2D eigenvalue weighted by molar-refractivity contribution is 0.0557. The third kappa shape index (κ3) is 3.58. The molecule has 0 aromatic rings. The zero-order valence-electron chi connectivity index (χ0n) is 8.90. The maximum atomic E-state index is 10.3. The van der Waals surface area contributed by atoms with Crippen molar-refractivity contribution < 1.29 is 9.53 Å². The van der Waals surface area contributed by atoms with E-state index in [4.69, 9.17) is 4.74 Å². The molecule has 0 bridgehead atoms. The summed E-state index contributed by atoms with van der Waals surface area (Å²) in [6.07, 6.45) is 3.69. The molecule has 0 radical (unpaired) electrons. The first-order chi connectivity index (χ1) is 6.74. The molecule has 80 valence electrons. The predicted octanol–water partition coefficient (Wildman–Crippen LogP) is 0.679. The Morgan fingerprint density at radius 3 is 2.64 bits per heavy atom. The van der Waals surface area contributed by atoms with Gasteiger partial charge in [-0.05, 0) is 32.9 Å². The number of carbonyl (C=O) groups excluding carboxylic acids is 1. The van der Waals surface area contributed by atoms with Gasteiger partial charge in [-0.3, -0.25) is 0 Å². The predicted molar refractivity (Wildman–Crippen MR) is 54.0 cm³/mol. The maximum absolute atomic E-state index is 10.3. The van der Waals surface area contributed by atoms with E-state index in [1.807, 2.05) is 14.1 Å². The third-order valence-electron chi connectivity index (χ3n) is 2.58. The molecule has 1 aliphatic heterocycles. The normalized spacial score (nSPS) is 20.5. The lowest BCUT2D eigenvalue weighted by atomic mass is 9.92. The van der Waals surface area contributed by atoms with E-state index in [2.05, 4.69) is 9.89 Å². The van der Waals surface area contributed by atoms with Crippen LogP contribution in [-0.2, 0) is 9.53 Å². The summed E-state index contributed by atoms with van der Waals surface area (Å²) in [5, 5.41) is 0. The smallest absolute Gasteiger partial charge is 0.235 e. The van der Waals surface area contributed by atoms with Gasteiger partial charge in [0.1, 0.15) is 0 Å². The van der Waals surface area contributed by atoms with Crippen molar-refractivity contribution in [1.29, 1.82) is 0 Å². The molecule has 0 unspecified atom stereocenters. The maximum Gasteiger partial charge on any atom is 0.235 e. The molecule has 0 saturated carbocycles. The van der Waals surface area contributed by atoms with Crippen molar-refractivity contribution in [3.63, 3.8) is 0 Å². The van der Waals surface area contributed by atoms with Gasteiger partial charge < -0.3 is 9.64 Å². The second-order valence-corrected chi connectivity index (χ2v) is 4.00. The molecule has 0 amide bonds. The number of isocyanates is 1. The first kappa shape index (κ1) is 11.4. The molecule has 4 nitrogen and oxygen atoms in total. The number of nitrogens with zero attached hydrogens (tertiary/aromatic N) is 2. The Bertz CT molecular complexity index is 206. The molecular weight excluding hydrogens is 180 g/mol. The van der Waals surface area contributed by atoms with Crippen molar-refractivity contribution in [2.45, 2.75) is 18.9 Å². The summed E-state index contributed by atoms with van der Waals surface area (Å²) < 4.78 is 5.28. The van der Waals surface area contributed by atoms with E-state index in [1.54, 1.807) is 6.08 Å². The quantitative estimate of drug-likeness (QED) is 0.493. The van der Waals surface area contributed by atoms with Gasteiger partial charge in [0.15, 0.2) is 0 Å². The summed E-state index contributed by atoms with van der Waals surface area (Å²) >= 11 is 0. The van der Waals surface area contributed by atoms with Gasteiger partial charge in [-0.25, -0.2) is 9.79 Å². The van der Waals surface area contributed by atoms with Crippen LogP contribution in [0.25, 0.3) is 0 Å². The molecule has 4 heteroatoms. The Hall–Kier alpha value is -0.700. The number of rotatable bonds is 4. The van der Waals surface area contributed by atoms with Crippen LogP contribution in [0, 0.1) is 5.92 Å². The molecule has 0 spiro atoms. The molecule has 1 fully saturated rings. The summed E-state index contributed by atoms with van der Waals surface area (Å²) in [4.78, 5) is 16.2. The van der Waals surface area contributed by atoms with Crippen LogP contribution in [0.1, 0.15) is 12.8 Å². The summed E-state index contributed by atoms with van der Waals surface area (Å²) in [5.74, 6) is 0.479. The monoisotopic (exact) mass is 198 g/mol. The van der Waals surface area contributed by atoms with Crippen LogP contribution in [0.4, 0.5) is 0 Å². The second-order valence-electron chi connectivity index (χ2n) is 4.00. The van der Waals surface area contributed by atoms with Crippen molar-refractivity contribution in [3.8, 4) is 0 Å². The number of hydrogen-bond acceptors (Lipinski definition) is 4. The molecule has 0 aliphatic carbocycles. The van der Waals surface area contributed by atoms with Gasteiger partial charge in [-0.2, -0.15) is 0 Å². The minimum absolute atomic E-state index is 0.0893. The van der Waals surface area contributed by atoms with Crippen molar-refractivity contribution in [2.75, 3.05) is 33.9 Å². The minimum atomic E-state index is 0.0893. The summed E-state index contributed by atoms with van der Waals surface area (Å²) in [6, 6.07) is 0.0893. The Balaban J connectivity index is 2.51. The first-order valence-electron chi connectivity index (χ1n) is 5.03. The molecule has 0 N–H and O–H groups in total. The van der Waals surface area contributed by atoms with E-state index in [9.17, 15) is 4.79 Å². The van der Waals surface area contributed by atoms with Crippen LogP contribution < -0.4 is 0 Å². The van der Waals surface area contributed by atoms with Gasteiger partial charge in [0.25, 0.3) is 0 Å². The highest BCUT2D eigenvalue weighted by atomic mass is 16.5. The molecule has 14 heavy (non-hydrogen) atoms. The average molecular weight is 198 g/mol. The Morgan fingerprint density at radius 2 is 2.14 bits per heavy atom. The van der Waals surface area contributed by atoms with Crippen molar-refractivity contribution >= 4 is 6.08 Å². The van der Waals surface area contributed by atoms with Gasteiger partial charge in [0.2, 0.25) is 6.08 Å². The summed E-state index contributed by atoms with van der Waals surface area (Å²) in [5.41, 5.74) is 0. The lowest BCUT2D eigenvalue weighted by Gasteiger charge is -2.28. The van der Waals surface area contributed by atoms with Crippen LogP contribution >= 0.6 is 0 Å². The fourth-order valence-electron chi connectivity index (χ4n) is 1.84. The molecular formula is C10H18N2O2. The Labute approximate surface area is 84.9 Å². The molecule has 1 aliphatic rings. The lowest BCUT2D eigenvalue weighted by Crippen LogP contribution is -2.34. The third-order valence-corrected chi connectivity index (χ3v) is 2.58. The van der Waals surface area contributed by atoms with Crippen LogP contribution in [0.15, 0.2) is 4.99 Å². The van der Waals surface area contributed by atoms with Gasteiger partial charge in [0.05, 0.1) is 6.04 Å². The zero-order valence-corrected chi connectivity index (χ0v) is 8.90. The first-order valence-corrected chi connectivity index (χ1v) is 5.03. The van der Waals surface area contributed by atoms with Crippen LogP contribution in [-0.4, -0.2) is 50.9 Å². The van der Waals surface area contributed by atoms with E-state index in [0.717, 1.165) is 32.6 Å². The topological polar surface area (TPSA) is 41.9 Å². The molecule has 1 atom stereocenters. The van der Waals surface area contributed by atoms with E-state index in [-0.39, 0.29) is 6.04 Å². The highest BCUT2D eigenvalue weighted by molar-refractivity contribution is 5.33. The zero-order chi connectivity index (χ0) is 10.4. The van der Waals surface area contributed by atoms with Crippen molar-refractivity contribution in [1.82, 2.24) is 4.90 Å². The molecule has 0 aromatic carbocycles. The number of likely N-dealkylation sites (N-methyl/N-ethyl adjacent to an activating group) is 1. The second kappa shape index (κ2) is 5.91. The molecule has 0 aromatic heterocycles. The number of hydrogen-bond donors (Lipinski definition) is 0. The average Bonchev–Trinajstić information content (AvgIpc) is 2.18.